The Kier molecular flexibility index (Phi) is 6.08. The molecule has 0 radical (unpaired) electrons. The minimum atomic E-state index is -3.68. The predicted octanol–water partition coefficient (Wildman–Crippen LogP) is 2.02. The van der Waals surface area contributed by atoms with Gasteiger partial charge in [-0.2, -0.15) is 0 Å². The van der Waals surface area contributed by atoms with Gasteiger partial charge in [0.2, 0.25) is 10.0 Å². The average Bonchev–Trinajstić information content (AvgIpc) is 2.50. The summed E-state index contributed by atoms with van der Waals surface area (Å²) in [6.45, 7) is 3.18. The van der Waals surface area contributed by atoms with Crippen LogP contribution in [0, 0.1) is 0 Å². The first kappa shape index (κ1) is 17.5. The molecule has 0 amide bonds. The molecule has 0 fully saturated rings. The molecule has 1 aliphatic rings. The Labute approximate surface area is 139 Å². The fourth-order valence-corrected chi connectivity index (χ4v) is 4.53. The van der Waals surface area contributed by atoms with Gasteiger partial charge in [0, 0.05) is 23.1 Å². The van der Waals surface area contributed by atoms with E-state index >= 15 is 0 Å². The number of rotatable bonds is 7. The number of hydrogen-bond donors (Lipinski definition) is 2. The third kappa shape index (κ3) is 4.13. The van der Waals surface area contributed by atoms with E-state index in [0.29, 0.717) is 35.6 Å². The molecule has 0 aliphatic carbocycles. The molecule has 0 saturated carbocycles. The Balaban J connectivity index is 2.25. The maximum absolute atomic E-state index is 12.6. The molecule has 1 aromatic rings. The van der Waals surface area contributed by atoms with Gasteiger partial charge >= 0.3 is 0 Å². The van der Waals surface area contributed by atoms with Crippen LogP contribution in [0.1, 0.15) is 26.2 Å². The highest BCUT2D eigenvalue weighted by atomic mass is 79.9. The van der Waals surface area contributed by atoms with Gasteiger partial charge in [-0.05, 0) is 28.4 Å². The van der Waals surface area contributed by atoms with Gasteiger partial charge in [0.05, 0.1) is 0 Å². The van der Waals surface area contributed by atoms with Crippen molar-refractivity contribution in [3.05, 3.63) is 16.6 Å². The zero-order valence-electron chi connectivity index (χ0n) is 12.5. The van der Waals surface area contributed by atoms with Crippen LogP contribution >= 0.6 is 15.9 Å². The van der Waals surface area contributed by atoms with Gasteiger partial charge in [0.15, 0.2) is 11.5 Å². The van der Waals surface area contributed by atoms with Gasteiger partial charge in [0.1, 0.15) is 18.1 Å². The van der Waals surface area contributed by atoms with Crippen molar-refractivity contribution in [3.8, 4) is 11.5 Å². The van der Waals surface area contributed by atoms with Crippen molar-refractivity contribution in [1.29, 1.82) is 0 Å². The lowest BCUT2D eigenvalue weighted by atomic mass is 10.1. The van der Waals surface area contributed by atoms with E-state index in [1.54, 1.807) is 6.07 Å². The number of hydrogen-bond acceptors (Lipinski definition) is 5. The zero-order valence-corrected chi connectivity index (χ0v) is 14.9. The number of halogens is 1. The van der Waals surface area contributed by atoms with Crippen LogP contribution in [-0.4, -0.2) is 34.2 Å². The van der Waals surface area contributed by atoms with Crippen molar-refractivity contribution in [2.75, 3.05) is 19.8 Å². The molecule has 1 aromatic carbocycles. The normalized spacial score (nSPS) is 15.6. The molecule has 2 rings (SSSR count). The number of nitrogens with one attached hydrogen (secondary N) is 1. The number of fused-ring (bicyclic) bond motifs is 1. The summed E-state index contributed by atoms with van der Waals surface area (Å²) < 4.78 is 39.1. The third-order valence-electron chi connectivity index (χ3n) is 3.40. The van der Waals surface area contributed by atoms with Crippen LogP contribution in [-0.2, 0) is 10.0 Å². The molecule has 1 atom stereocenters. The summed E-state index contributed by atoms with van der Waals surface area (Å²) in [5.41, 5.74) is 5.66. The van der Waals surface area contributed by atoms with Crippen molar-refractivity contribution >= 4 is 26.0 Å². The van der Waals surface area contributed by atoms with E-state index in [4.69, 9.17) is 15.2 Å². The largest absolute Gasteiger partial charge is 0.486 e. The molecule has 3 N–H and O–H groups in total. The summed E-state index contributed by atoms with van der Waals surface area (Å²) in [5, 5.41) is 0. The molecule has 0 aromatic heterocycles. The first-order valence-electron chi connectivity index (χ1n) is 7.29. The van der Waals surface area contributed by atoms with Crippen molar-refractivity contribution in [2.24, 2.45) is 5.73 Å². The first-order valence-corrected chi connectivity index (χ1v) is 9.57. The number of unbranched alkanes of at least 4 members (excludes halogenated alkanes) is 1. The SMILES string of the molecule is CCCCC(CN)NS(=O)(=O)c1cc2c(cc1Br)OCCO2. The summed E-state index contributed by atoms with van der Waals surface area (Å²) in [4.78, 5) is 0.131. The van der Waals surface area contributed by atoms with Gasteiger partial charge in [-0.1, -0.05) is 19.8 Å². The molecule has 8 heteroatoms. The average molecular weight is 393 g/mol. The van der Waals surface area contributed by atoms with Crippen LogP contribution in [0.4, 0.5) is 0 Å². The van der Waals surface area contributed by atoms with Gasteiger partial charge in [-0.3, -0.25) is 0 Å². The summed E-state index contributed by atoms with van der Waals surface area (Å²) in [5.74, 6) is 0.978. The second kappa shape index (κ2) is 7.63. The minimum absolute atomic E-state index is 0.131. The molecule has 1 unspecified atom stereocenters. The number of benzene rings is 1. The van der Waals surface area contributed by atoms with Crippen LogP contribution in [0.25, 0.3) is 0 Å². The predicted molar refractivity (Wildman–Crippen MR) is 87.8 cm³/mol. The van der Waals surface area contributed by atoms with Crippen molar-refractivity contribution in [3.63, 3.8) is 0 Å². The minimum Gasteiger partial charge on any atom is -0.486 e. The highest BCUT2D eigenvalue weighted by Crippen LogP contribution is 2.37. The molecule has 0 spiro atoms. The van der Waals surface area contributed by atoms with E-state index in [9.17, 15) is 8.42 Å². The summed E-state index contributed by atoms with van der Waals surface area (Å²) >= 11 is 3.29. The van der Waals surface area contributed by atoms with Gasteiger partial charge in [-0.25, -0.2) is 13.1 Å². The molecular formula is C14H21BrN2O4S. The van der Waals surface area contributed by atoms with Crippen LogP contribution in [0.15, 0.2) is 21.5 Å². The maximum Gasteiger partial charge on any atom is 0.242 e. The smallest absolute Gasteiger partial charge is 0.242 e. The molecule has 124 valence electrons. The molecule has 0 saturated heterocycles. The number of nitrogens with two attached hydrogens (primary N) is 1. The molecule has 6 nitrogen and oxygen atoms in total. The van der Waals surface area contributed by atoms with Gasteiger partial charge < -0.3 is 15.2 Å². The van der Waals surface area contributed by atoms with Crippen LogP contribution < -0.4 is 19.9 Å². The topological polar surface area (TPSA) is 90.7 Å². The lowest BCUT2D eigenvalue weighted by Gasteiger charge is -2.21. The summed E-state index contributed by atoms with van der Waals surface area (Å²) in [6.07, 6.45) is 2.63. The molecule has 22 heavy (non-hydrogen) atoms. The summed E-state index contributed by atoms with van der Waals surface area (Å²) in [7, 11) is -3.68. The first-order chi connectivity index (χ1) is 10.5. The second-order valence-corrected chi connectivity index (χ2v) is 7.66. The van der Waals surface area contributed by atoms with E-state index in [-0.39, 0.29) is 17.5 Å². The lowest BCUT2D eigenvalue weighted by molar-refractivity contribution is 0.171. The Bertz CT molecular complexity index is 622. The van der Waals surface area contributed by atoms with Gasteiger partial charge in [-0.15, -0.1) is 0 Å². The van der Waals surface area contributed by atoms with Crippen LogP contribution in [0.3, 0.4) is 0 Å². The molecular weight excluding hydrogens is 372 g/mol. The van der Waals surface area contributed by atoms with Crippen LogP contribution in [0.5, 0.6) is 11.5 Å². The van der Waals surface area contributed by atoms with Crippen molar-refractivity contribution < 1.29 is 17.9 Å². The molecule has 0 bridgehead atoms. The Morgan fingerprint density at radius 2 is 1.95 bits per heavy atom. The maximum atomic E-state index is 12.6. The monoisotopic (exact) mass is 392 g/mol. The quantitative estimate of drug-likeness (QED) is 0.740. The number of sulfonamides is 1. The fourth-order valence-electron chi connectivity index (χ4n) is 2.21. The Morgan fingerprint density at radius 3 is 2.55 bits per heavy atom. The van der Waals surface area contributed by atoms with Crippen LogP contribution in [0.2, 0.25) is 0 Å². The Morgan fingerprint density at radius 1 is 1.32 bits per heavy atom. The highest BCUT2D eigenvalue weighted by molar-refractivity contribution is 9.10. The van der Waals surface area contributed by atoms with Crippen molar-refractivity contribution in [2.45, 2.75) is 37.1 Å². The van der Waals surface area contributed by atoms with E-state index in [2.05, 4.69) is 27.6 Å². The Hall–Kier alpha value is -0.830. The van der Waals surface area contributed by atoms with E-state index in [1.165, 1.54) is 6.07 Å². The number of ether oxygens (including phenoxy) is 2. The molecule has 1 aliphatic heterocycles. The standard InChI is InChI=1S/C14H21BrN2O4S/c1-2-3-4-10(9-16)17-22(18,19)14-8-13-12(7-11(14)15)20-5-6-21-13/h7-8,10,17H,2-6,9,16H2,1H3. The third-order valence-corrected chi connectivity index (χ3v) is 5.88. The molecule has 1 heterocycles. The van der Waals surface area contributed by atoms with E-state index in [0.717, 1.165) is 12.8 Å². The van der Waals surface area contributed by atoms with E-state index < -0.39 is 10.0 Å². The highest BCUT2D eigenvalue weighted by Gasteiger charge is 2.25. The second-order valence-electron chi connectivity index (χ2n) is 5.12. The van der Waals surface area contributed by atoms with E-state index in [1.807, 2.05) is 0 Å². The zero-order chi connectivity index (χ0) is 16.2. The van der Waals surface area contributed by atoms with Gasteiger partial charge in [0.25, 0.3) is 0 Å². The fraction of sp³-hybridized carbons (Fsp3) is 0.571. The summed E-state index contributed by atoms with van der Waals surface area (Å²) in [6, 6.07) is 2.82. The lowest BCUT2D eigenvalue weighted by Crippen LogP contribution is -2.40. The van der Waals surface area contributed by atoms with Crippen molar-refractivity contribution in [1.82, 2.24) is 4.72 Å².